The number of carbonyl (C=O) groups excluding carboxylic acids is 1. The molecule has 0 spiro atoms. The maximum Gasteiger partial charge on any atom is 0.325 e. The van der Waals surface area contributed by atoms with Crippen LogP contribution >= 0.6 is 0 Å². The number of carbonyl (C=O) groups is 2. The fraction of sp³-hybridized carbons (Fsp3) is 0.615. The normalized spacial score (nSPS) is 12.5. The first-order valence-electron chi connectivity index (χ1n) is 6.39. The van der Waals surface area contributed by atoms with Crippen LogP contribution in [0, 0.1) is 12.8 Å². The van der Waals surface area contributed by atoms with E-state index in [-0.39, 0.29) is 0 Å². The zero-order valence-electron chi connectivity index (χ0n) is 11.8. The molecule has 1 aromatic rings. The molecule has 0 radical (unpaired) electrons. The molecule has 106 valence electrons. The van der Waals surface area contributed by atoms with E-state index < -0.39 is 17.9 Å². The molecule has 0 fully saturated rings. The first kappa shape index (κ1) is 15.2. The Morgan fingerprint density at radius 3 is 2.58 bits per heavy atom. The Balaban J connectivity index is 2.74. The number of nitrogens with zero attached hydrogens (tertiary/aromatic N) is 2. The van der Waals surface area contributed by atoms with Crippen LogP contribution in [0.15, 0.2) is 6.20 Å². The van der Waals surface area contributed by atoms with Crippen molar-refractivity contribution in [1.29, 1.82) is 0 Å². The Morgan fingerprint density at radius 1 is 1.42 bits per heavy atom. The summed E-state index contributed by atoms with van der Waals surface area (Å²) in [6.07, 6.45) is 2.47. The molecule has 19 heavy (non-hydrogen) atoms. The maximum absolute atomic E-state index is 11.9. The molecule has 1 atom stereocenters. The molecule has 1 amide bonds. The number of carboxylic acid groups (broad SMARTS) is 1. The lowest BCUT2D eigenvalue weighted by Crippen LogP contribution is -2.38. The van der Waals surface area contributed by atoms with Crippen LogP contribution in [0.5, 0.6) is 0 Å². The van der Waals surface area contributed by atoms with Gasteiger partial charge in [0, 0.05) is 12.2 Å². The lowest BCUT2D eigenvalue weighted by Gasteiger charge is -2.10. The first-order chi connectivity index (χ1) is 8.82. The second kappa shape index (κ2) is 6.36. The molecule has 0 aromatic carbocycles. The number of carboxylic acids is 1. The van der Waals surface area contributed by atoms with Gasteiger partial charge < -0.3 is 10.4 Å². The lowest BCUT2D eigenvalue weighted by molar-refractivity contribution is -0.138. The molecule has 1 rings (SSSR count). The summed E-state index contributed by atoms with van der Waals surface area (Å²) in [6.45, 7) is 8.25. The monoisotopic (exact) mass is 267 g/mol. The fourth-order valence-electron chi connectivity index (χ4n) is 1.61. The molecule has 0 bridgehead atoms. The van der Waals surface area contributed by atoms with Crippen molar-refractivity contribution in [3.63, 3.8) is 0 Å². The number of aliphatic carboxylic acids is 1. The predicted octanol–water partition coefficient (Wildman–Crippen LogP) is 1.44. The molecular weight excluding hydrogens is 246 g/mol. The summed E-state index contributed by atoms with van der Waals surface area (Å²) < 4.78 is 1.78. The highest BCUT2D eigenvalue weighted by molar-refractivity contribution is 5.97. The molecule has 6 nitrogen and oxygen atoms in total. The third-order valence-electron chi connectivity index (χ3n) is 2.98. The highest BCUT2D eigenvalue weighted by Crippen LogP contribution is 2.10. The highest BCUT2D eigenvalue weighted by atomic mass is 16.4. The molecule has 1 heterocycles. The molecule has 0 unspecified atom stereocenters. The van der Waals surface area contributed by atoms with Crippen molar-refractivity contribution in [2.45, 2.75) is 46.7 Å². The van der Waals surface area contributed by atoms with Crippen molar-refractivity contribution >= 4 is 11.9 Å². The SMILES string of the molecule is Cc1c(C(=O)N[C@H](C)C(=O)O)cnn1CCC(C)C. The van der Waals surface area contributed by atoms with Gasteiger partial charge in [0.15, 0.2) is 0 Å². The van der Waals surface area contributed by atoms with E-state index in [1.807, 2.05) is 6.92 Å². The summed E-state index contributed by atoms with van der Waals surface area (Å²) >= 11 is 0. The Kier molecular flexibility index (Phi) is 5.09. The van der Waals surface area contributed by atoms with Gasteiger partial charge in [-0.05, 0) is 26.2 Å². The molecule has 0 saturated heterocycles. The van der Waals surface area contributed by atoms with Crippen molar-refractivity contribution in [2.75, 3.05) is 0 Å². The molecule has 6 heteroatoms. The smallest absolute Gasteiger partial charge is 0.325 e. The maximum atomic E-state index is 11.9. The van der Waals surface area contributed by atoms with Gasteiger partial charge in [-0.1, -0.05) is 13.8 Å². The van der Waals surface area contributed by atoms with E-state index in [0.29, 0.717) is 11.5 Å². The van der Waals surface area contributed by atoms with Gasteiger partial charge >= 0.3 is 5.97 Å². The molecule has 0 aliphatic carbocycles. The largest absolute Gasteiger partial charge is 0.480 e. The van der Waals surface area contributed by atoms with E-state index in [4.69, 9.17) is 5.11 Å². The van der Waals surface area contributed by atoms with E-state index >= 15 is 0 Å². The first-order valence-corrected chi connectivity index (χ1v) is 6.39. The Hall–Kier alpha value is -1.85. The number of amides is 1. The van der Waals surface area contributed by atoms with Crippen molar-refractivity contribution in [3.8, 4) is 0 Å². The quantitative estimate of drug-likeness (QED) is 0.816. The van der Waals surface area contributed by atoms with Gasteiger partial charge in [-0.3, -0.25) is 14.3 Å². The second-order valence-corrected chi connectivity index (χ2v) is 5.08. The van der Waals surface area contributed by atoms with Crippen LogP contribution in [0.2, 0.25) is 0 Å². The minimum Gasteiger partial charge on any atom is -0.480 e. The lowest BCUT2D eigenvalue weighted by atomic mass is 10.1. The van der Waals surface area contributed by atoms with Gasteiger partial charge in [-0.25, -0.2) is 0 Å². The molecule has 0 saturated carbocycles. The van der Waals surface area contributed by atoms with Crippen LogP contribution < -0.4 is 5.32 Å². The number of hydrogen-bond donors (Lipinski definition) is 2. The number of nitrogens with one attached hydrogen (secondary N) is 1. The minimum absolute atomic E-state index is 0.400. The standard InChI is InChI=1S/C13H21N3O3/c1-8(2)5-6-16-10(4)11(7-14-16)12(17)15-9(3)13(18)19/h7-9H,5-6H2,1-4H3,(H,15,17)(H,18,19)/t9-/m1/s1. The molecular formula is C13H21N3O3. The van der Waals surface area contributed by atoms with Crippen molar-refractivity contribution in [1.82, 2.24) is 15.1 Å². The molecule has 2 N–H and O–H groups in total. The summed E-state index contributed by atoms with van der Waals surface area (Å²) in [5.41, 5.74) is 1.19. The average Bonchev–Trinajstić information content (AvgIpc) is 2.67. The zero-order chi connectivity index (χ0) is 14.6. The molecule has 1 aromatic heterocycles. The summed E-state index contributed by atoms with van der Waals surface area (Å²) in [5.74, 6) is -0.894. The average molecular weight is 267 g/mol. The number of aromatic nitrogens is 2. The van der Waals surface area contributed by atoms with Gasteiger partial charge in [0.05, 0.1) is 11.8 Å². The summed E-state index contributed by atoms with van der Waals surface area (Å²) in [4.78, 5) is 22.6. The zero-order valence-corrected chi connectivity index (χ0v) is 11.8. The van der Waals surface area contributed by atoms with Crippen LogP contribution in [-0.2, 0) is 11.3 Å². The highest BCUT2D eigenvalue weighted by Gasteiger charge is 2.19. The third-order valence-corrected chi connectivity index (χ3v) is 2.98. The van der Waals surface area contributed by atoms with Crippen LogP contribution in [0.25, 0.3) is 0 Å². The summed E-state index contributed by atoms with van der Waals surface area (Å²) in [7, 11) is 0. The van der Waals surface area contributed by atoms with Crippen molar-refractivity contribution < 1.29 is 14.7 Å². The Morgan fingerprint density at radius 2 is 2.05 bits per heavy atom. The summed E-state index contributed by atoms with van der Waals surface area (Å²) in [5, 5.41) is 15.4. The Bertz CT molecular complexity index is 466. The van der Waals surface area contributed by atoms with Gasteiger partial charge in [-0.15, -0.1) is 0 Å². The minimum atomic E-state index is -1.06. The number of rotatable bonds is 6. The van der Waals surface area contributed by atoms with E-state index in [1.54, 1.807) is 4.68 Å². The van der Waals surface area contributed by atoms with E-state index in [0.717, 1.165) is 18.7 Å². The Labute approximate surface area is 112 Å². The molecule has 0 aliphatic rings. The number of aryl methyl sites for hydroxylation is 1. The molecule has 0 aliphatic heterocycles. The predicted molar refractivity (Wildman–Crippen MR) is 71.0 cm³/mol. The van der Waals surface area contributed by atoms with Crippen LogP contribution in [-0.4, -0.2) is 32.8 Å². The van der Waals surface area contributed by atoms with Gasteiger partial charge in [0.25, 0.3) is 5.91 Å². The topological polar surface area (TPSA) is 84.2 Å². The van der Waals surface area contributed by atoms with Crippen molar-refractivity contribution in [3.05, 3.63) is 17.5 Å². The second-order valence-electron chi connectivity index (χ2n) is 5.08. The van der Waals surface area contributed by atoms with Crippen LogP contribution in [0.4, 0.5) is 0 Å². The third kappa shape index (κ3) is 4.08. The van der Waals surface area contributed by atoms with Gasteiger partial charge in [0.2, 0.25) is 0 Å². The summed E-state index contributed by atoms with van der Waals surface area (Å²) in [6, 6.07) is -0.911. The van der Waals surface area contributed by atoms with Crippen LogP contribution in [0.1, 0.15) is 43.2 Å². The van der Waals surface area contributed by atoms with Gasteiger partial charge in [-0.2, -0.15) is 5.10 Å². The van der Waals surface area contributed by atoms with E-state index in [9.17, 15) is 9.59 Å². The van der Waals surface area contributed by atoms with Crippen molar-refractivity contribution in [2.24, 2.45) is 5.92 Å². The van der Waals surface area contributed by atoms with Crippen LogP contribution in [0.3, 0.4) is 0 Å². The number of hydrogen-bond acceptors (Lipinski definition) is 3. The fourth-order valence-corrected chi connectivity index (χ4v) is 1.61. The van der Waals surface area contributed by atoms with E-state index in [1.165, 1.54) is 13.1 Å². The van der Waals surface area contributed by atoms with E-state index in [2.05, 4.69) is 24.3 Å². The van der Waals surface area contributed by atoms with Gasteiger partial charge in [0.1, 0.15) is 6.04 Å².